The van der Waals surface area contributed by atoms with Gasteiger partial charge in [-0.05, 0) is 118 Å². The Labute approximate surface area is 326 Å². The molecule has 0 unspecified atom stereocenters. The predicted molar refractivity (Wildman–Crippen MR) is 213 cm³/mol. The third-order valence-corrected chi connectivity index (χ3v) is 15.5. The second kappa shape index (κ2) is 16.1. The largest absolute Gasteiger partial charge is 0.490 e. The highest BCUT2D eigenvalue weighted by molar-refractivity contribution is 7.90. The number of methoxy groups -OCH3 is 1. The van der Waals surface area contributed by atoms with Crippen LogP contribution in [0.1, 0.15) is 80.3 Å². The third-order valence-electron chi connectivity index (χ3n) is 13.3. The van der Waals surface area contributed by atoms with Gasteiger partial charge in [0.25, 0.3) is 5.91 Å². The molecule has 1 N–H and O–H groups in total. The molecular formula is C42H56ClN5O5S. The zero-order chi connectivity index (χ0) is 38.1. The van der Waals surface area contributed by atoms with E-state index in [-0.39, 0.29) is 17.3 Å². The van der Waals surface area contributed by atoms with E-state index < -0.39 is 26.8 Å². The van der Waals surface area contributed by atoms with E-state index in [4.69, 9.17) is 26.3 Å². The quantitative estimate of drug-likeness (QED) is 0.271. The van der Waals surface area contributed by atoms with E-state index in [0.29, 0.717) is 43.2 Å². The Morgan fingerprint density at radius 2 is 1.89 bits per heavy atom. The molecule has 0 radical (unpaired) electrons. The number of ether oxygens (including phenoxy) is 2. The van der Waals surface area contributed by atoms with Crippen LogP contribution in [0.15, 0.2) is 48.6 Å². The van der Waals surface area contributed by atoms with Crippen molar-refractivity contribution >= 4 is 33.2 Å². The number of halogens is 1. The minimum Gasteiger partial charge on any atom is -0.490 e. The van der Waals surface area contributed by atoms with Crippen LogP contribution in [0.4, 0.5) is 5.69 Å². The molecule has 54 heavy (non-hydrogen) atoms. The van der Waals surface area contributed by atoms with Gasteiger partial charge in [0.1, 0.15) is 11.4 Å². The summed E-state index contributed by atoms with van der Waals surface area (Å²) in [5.41, 5.74) is 2.83. The van der Waals surface area contributed by atoms with E-state index in [1.54, 1.807) is 13.0 Å². The molecule has 2 aromatic carbocycles. The van der Waals surface area contributed by atoms with Gasteiger partial charge in [-0.15, -0.1) is 0 Å². The van der Waals surface area contributed by atoms with Crippen LogP contribution < -0.4 is 14.4 Å². The van der Waals surface area contributed by atoms with Crippen LogP contribution in [0, 0.1) is 29.1 Å². The van der Waals surface area contributed by atoms with Gasteiger partial charge < -0.3 is 19.3 Å². The Hall–Kier alpha value is -3.14. The van der Waals surface area contributed by atoms with Gasteiger partial charge >= 0.3 is 0 Å². The molecule has 6 atom stereocenters. The van der Waals surface area contributed by atoms with E-state index in [9.17, 15) is 13.2 Å². The van der Waals surface area contributed by atoms with E-state index in [1.165, 1.54) is 11.1 Å². The maximum absolute atomic E-state index is 13.7. The molecule has 10 nitrogen and oxygen atoms in total. The van der Waals surface area contributed by atoms with Crippen molar-refractivity contribution in [1.82, 2.24) is 14.5 Å². The van der Waals surface area contributed by atoms with Crippen LogP contribution in [-0.2, 0) is 26.6 Å². The van der Waals surface area contributed by atoms with E-state index >= 15 is 0 Å². The molecule has 2 fully saturated rings. The number of sulfonamides is 1. The first kappa shape index (κ1) is 39.1. The average Bonchev–Trinajstić information content (AvgIpc) is 3.29. The Kier molecular flexibility index (Phi) is 11.7. The summed E-state index contributed by atoms with van der Waals surface area (Å²) >= 11 is 6.50. The van der Waals surface area contributed by atoms with Gasteiger partial charge in [0.05, 0.1) is 23.6 Å². The number of rotatable bonds is 6. The number of carbonyl (C=O) groups excluding carboxylic acids is 1. The number of allylic oxidation sites excluding steroid dienone is 1. The summed E-state index contributed by atoms with van der Waals surface area (Å²) in [5.74, 6) is 0.408. The lowest BCUT2D eigenvalue weighted by molar-refractivity contribution is -0.0954. The Morgan fingerprint density at radius 3 is 2.63 bits per heavy atom. The summed E-state index contributed by atoms with van der Waals surface area (Å²) in [6.07, 6.45) is 11.5. The number of unbranched alkanes of at least 4 members (excludes halogenated alkanes) is 1. The molecule has 1 saturated heterocycles. The second-order valence-corrected chi connectivity index (χ2v) is 19.0. The number of fused-ring (bicyclic) bond motifs is 4. The molecule has 12 heteroatoms. The fourth-order valence-corrected chi connectivity index (χ4v) is 11.2. The Balaban J connectivity index is 1.25. The second-order valence-electron chi connectivity index (χ2n) is 16.6. The number of nitrogens with one attached hydrogen (secondary N) is 1. The summed E-state index contributed by atoms with van der Waals surface area (Å²) in [4.78, 5) is 21.1. The topological polar surface area (TPSA) is 115 Å². The predicted octanol–water partition coefficient (Wildman–Crippen LogP) is 6.19. The molecule has 3 heterocycles. The Bertz CT molecular complexity index is 1880. The first-order chi connectivity index (χ1) is 26.0. The SMILES string of the molecule is CO[C@@]1(CN2CCN(CCCC#N)CC2)/C=C/C[C@H](C)[C@@H](C)S(=O)(=O)NC(=O)c2ccc3c(c2)N(C[C@@H]2CC[C@H]21)C[C@@]1(CCCc2cc(Cl)ccc21)CO3. The van der Waals surface area contributed by atoms with Gasteiger partial charge in [-0.25, -0.2) is 13.1 Å². The third kappa shape index (κ3) is 7.92. The van der Waals surface area contributed by atoms with Crippen molar-refractivity contribution < 1.29 is 22.7 Å². The van der Waals surface area contributed by atoms with Gasteiger partial charge in [0.15, 0.2) is 0 Å². The number of piperazine rings is 1. The highest BCUT2D eigenvalue weighted by Gasteiger charge is 2.50. The fraction of sp³-hybridized carbons (Fsp3) is 0.619. The number of hydrogen-bond acceptors (Lipinski definition) is 9. The van der Waals surface area contributed by atoms with Crippen LogP contribution in [0.2, 0.25) is 5.02 Å². The lowest BCUT2D eigenvalue weighted by Crippen LogP contribution is -2.59. The molecule has 2 aliphatic carbocycles. The standard InChI is InChI=1S/C42H56ClN5O5S/c1-30-8-6-17-42(52-3,28-47-22-20-46(21-23-47)19-5-4-18-44)37-13-10-34(37)26-48-27-41(16-7-9-32-24-35(43)12-14-36(32)41)29-53-39-15-11-33(25-38(39)48)40(49)45-54(50,51)31(30)2/h6,11-12,14-15,17,24-25,30-31,34,37H,4-5,7-10,13,16,19-23,26-29H2,1-3H3,(H,45,49)/b17-6+/t30-,31+,34-,37+,41-,42+/m0/s1. The minimum absolute atomic E-state index is 0.233. The minimum atomic E-state index is -3.97. The summed E-state index contributed by atoms with van der Waals surface area (Å²) in [5, 5.41) is 8.97. The number of amides is 1. The van der Waals surface area contributed by atoms with Gasteiger partial charge in [-0.2, -0.15) is 5.26 Å². The number of nitriles is 1. The van der Waals surface area contributed by atoms with E-state index in [2.05, 4.69) is 49.8 Å². The van der Waals surface area contributed by atoms with Crippen LogP contribution >= 0.6 is 11.6 Å². The molecule has 5 aliphatic rings. The zero-order valence-corrected chi connectivity index (χ0v) is 33.6. The van der Waals surface area contributed by atoms with Crippen LogP contribution in [0.5, 0.6) is 5.75 Å². The molecule has 1 spiro atoms. The molecule has 1 saturated carbocycles. The number of nitrogens with zero attached hydrogens (tertiary/aromatic N) is 4. The van der Waals surface area contributed by atoms with E-state index in [1.807, 2.05) is 32.2 Å². The van der Waals surface area contributed by atoms with Gasteiger partial charge in [-0.1, -0.05) is 36.7 Å². The fourth-order valence-electron chi connectivity index (χ4n) is 9.71. The van der Waals surface area contributed by atoms with Crippen LogP contribution in [-0.4, -0.2) is 101 Å². The highest BCUT2D eigenvalue weighted by atomic mass is 35.5. The number of benzene rings is 2. The summed E-state index contributed by atoms with van der Waals surface area (Å²) in [6.45, 7) is 11.1. The number of anilines is 1. The summed E-state index contributed by atoms with van der Waals surface area (Å²) in [7, 11) is -2.13. The van der Waals surface area contributed by atoms with Crippen molar-refractivity contribution in [3.8, 4) is 11.8 Å². The molecule has 0 aromatic heterocycles. The van der Waals surface area contributed by atoms with Gasteiger partial charge in [0, 0.05) is 75.3 Å². The normalized spacial score (nSPS) is 32.2. The van der Waals surface area contributed by atoms with Crippen molar-refractivity contribution in [2.24, 2.45) is 17.8 Å². The lowest BCUT2D eigenvalue weighted by atomic mass is 9.63. The molecule has 1 amide bonds. The molecule has 2 bridgehead atoms. The monoisotopic (exact) mass is 777 g/mol. The zero-order valence-electron chi connectivity index (χ0n) is 32.1. The van der Waals surface area contributed by atoms with Crippen LogP contribution in [0.25, 0.3) is 0 Å². The maximum atomic E-state index is 13.7. The van der Waals surface area contributed by atoms with Crippen molar-refractivity contribution in [3.05, 3.63) is 70.3 Å². The van der Waals surface area contributed by atoms with E-state index in [0.717, 1.165) is 95.0 Å². The van der Waals surface area contributed by atoms with Crippen molar-refractivity contribution in [3.63, 3.8) is 0 Å². The van der Waals surface area contributed by atoms with Crippen molar-refractivity contribution in [2.45, 2.75) is 81.5 Å². The highest BCUT2D eigenvalue weighted by Crippen LogP contribution is 2.49. The maximum Gasteiger partial charge on any atom is 0.264 e. The summed E-state index contributed by atoms with van der Waals surface area (Å²) < 4.78 is 43.0. The van der Waals surface area contributed by atoms with Crippen LogP contribution in [0.3, 0.4) is 0 Å². The molecular weight excluding hydrogens is 722 g/mol. The Morgan fingerprint density at radius 1 is 1.09 bits per heavy atom. The smallest absolute Gasteiger partial charge is 0.264 e. The number of hydrogen-bond donors (Lipinski definition) is 1. The number of aryl methyl sites for hydroxylation is 1. The molecule has 7 rings (SSSR count). The lowest BCUT2D eigenvalue weighted by Gasteiger charge is -2.52. The van der Waals surface area contributed by atoms with Gasteiger partial charge in [-0.3, -0.25) is 9.69 Å². The molecule has 2 aromatic rings. The first-order valence-corrected chi connectivity index (χ1v) is 21.8. The first-order valence-electron chi connectivity index (χ1n) is 19.9. The molecule has 292 valence electrons. The molecule has 3 aliphatic heterocycles. The van der Waals surface area contributed by atoms with Crippen molar-refractivity contribution in [1.29, 1.82) is 5.26 Å². The summed E-state index contributed by atoms with van der Waals surface area (Å²) in [6, 6.07) is 13.9. The number of carbonyl (C=O) groups is 1. The van der Waals surface area contributed by atoms with Crippen molar-refractivity contribution in [2.75, 3.05) is 71.0 Å². The average molecular weight is 778 g/mol. The van der Waals surface area contributed by atoms with Gasteiger partial charge in [0.2, 0.25) is 10.0 Å².